The Bertz CT molecular complexity index is 723. The van der Waals surface area contributed by atoms with E-state index in [1.54, 1.807) is 11.1 Å². The summed E-state index contributed by atoms with van der Waals surface area (Å²) in [5.74, 6) is 0. The zero-order chi connectivity index (χ0) is 14.7. The van der Waals surface area contributed by atoms with Crippen LogP contribution >= 0.6 is 11.3 Å². The maximum atomic E-state index is 2.39. The molecule has 0 spiro atoms. The second kappa shape index (κ2) is 6.44. The highest BCUT2D eigenvalue weighted by atomic mass is 32.1. The Morgan fingerprint density at radius 3 is 2.33 bits per heavy atom. The van der Waals surface area contributed by atoms with Crippen molar-refractivity contribution < 1.29 is 0 Å². The fraction of sp³-hybridized carbons (Fsp3) is 0.300. The van der Waals surface area contributed by atoms with E-state index in [0.717, 1.165) is 0 Å². The summed E-state index contributed by atoms with van der Waals surface area (Å²) >= 11 is 1.85. The van der Waals surface area contributed by atoms with E-state index in [-0.39, 0.29) is 0 Å². The minimum atomic E-state index is 1.17. The lowest BCUT2D eigenvalue weighted by Crippen LogP contribution is -1.99. The van der Waals surface area contributed by atoms with Crippen LogP contribution < -0.4 is 0 Å². The predicted octanol–water partition coefficient (Wildman–Crippen LogP) is 6.47. The molecule has 21 heavy (non-hydrogen) atoms. The molecule has 0 saturated carbocycles. The van der Waals surface area contributed by atoms with Crippen LogP contribution in [0, 0.1) is 0 Å². The molecular weight excluding hydrogens is 272 g/mol. The molecule has 0 fully saturated rings. The van der Waals surface area contributed by atoms with Crippen molar-refractivity contribution in [1.29, 1.82) is 0 Å². The smallest absolute Gasteiger partial charge is 0.0345 e. The van der Waals surface area contributed by atoms with Gasteiger partial charge in [0.15, 0.2) is 0 Å². The molecule has 0 aliphatic carbocycles. The molecule has 0 N–H and O–H groups in total. The zero-order valence-electron chi connectivity index (χ0n) is 12.9. The van der Waals surface area contributed by atoms with Gasteiger partial charge in [-0.2, -0.15) is 0 Å². The maximum absolute atomic E-state index is 2.39. The molecule has 0 bridgehead atoms. The van der Waals surface area contributed by atoms with Gasteiger partial charge in [-0.15, -0.1) is 11.3 Å². The highest BCUT2D eigenvalue weighted by molar-refractivity contribution is 7.13. The minimum absolute atomic E-state index is 1.17. The lowest BCUT2D eigenvalue weighted by molar-refractivity contribution is 0.870. The van der Waals surface area contributed by atoms with Crippen LogP contribution in [0.25, 0.3) is 21.2 Å². The van der Waals surface area contributed by atoms with Crippen molar-refractivity contribution in [2.75, 3.05) is 0 Å². The average molecular weight is 294 g/mol. The molecule has 0 unspecified atom stereocenters. The normalized spacial score (nSPS) is 11.1. The van der Waals surface area contributed by atoms with Crippen LogP contribution in [0.4, 0.5) is 0 Å². The second-order valence-electron chi connectivity index (χ2n) is 5.58. The monoisotopic (exact) mass is 294 g/mol. The summed E-state index contributed by atoms with van der Waals surface area (Å²) in [6, 6.07) is 15.7. The van der Waals surface area contributed by atoms with Crippen LogP contribution in [-0.4, -0.2) is 0 Å². The first-order chi connectivity index (χ1) is 10.3. The summed E-state index contributed by atoms with van der Waals surface area (Å²) in [5, 5.41) is 5.01. The van der Waals surface area contributed by atoms with Crippen molar-refractivity contribution >= 4 is 22.1 Å². The number of hydrogen-bond acceptors (Lipinski definition) is 1. The number of aryl methyl sites for hydroxylation is 1. The van der Waals surface area contributed by atoms with Crippen LogP contribution in [0.5, 0.6) is 0 Å². The van der Waals surface area contributed by atoms with Gasteiger partial charge in [-0.05, 0) is 57.8 Å². The van der Waals surface area contributed by atoms with Gasteiger partial charge in [-0.25, -0.2) is 0 Å². The molecule has 0 aliphatic rings. The average Bonchev–Trinajstić information content (AvgIpc) is 3.03. The first-order valence-corrected chi connectivity index (χ1v) is 8.80. The molecule has 0 aliphatic heterocycles. The molecule has 0 amide bonds. The predicted molar refractivity (Wildman–Crippen MR) is 95.3 cm³/mol. The van der Waals surface area contributed by atoms with Crippen molar-refractivity contribution in [1.82, 2.24) is 0 Å². The van der Waals surface area contributed by atoms with Crippen LogP contribution in [0.2, 0.25) is 0 Å². The van der Waals surface area contributed by atoms with Crippen molar-refractivity contribution in [3.8, 4) is 10.4 Å². The standard InChI is InChI=1S/C20H22S/c1-3-8-17-16-11-6-5-10-15(16)14-19(18(17)9-4-2)20-12-7-13-21-20/h5-7,10-14H,3-4,8-9H2,1-2H3. The van der Waals surface area contributed by atoms with E-state index in [2.05, 4.69) is 61.7 Å². The van der Waals surface area contributed by atoms with Crippen molar-refractivity contribution in [3.05, 3.63) is 59.0 Å². The molecular formula is C20H22S. The lowest BCUT2D eigenvalue weighted by Gasteiger charge is -2.17. The fourth-order valence-corrected chi connectivity index (χ4v) is 3.96. The number of hydrogen-bond donors (Lipinski definition) is 0. The summed E-state index contributed by atoms with van der Waals surface area (Å²) < 4.78 is 0. The third-order valence-electron chi connectivity index (χ3n) is 4.06. The molecule has 2 aromatic carbocycles. The summed E-state index contributed by atoms with van der Waals surface area (Å²) in [4.78, 5) is 1.40. The number of fused-ring (bicyclic) bond motifs is 1. The number of thiophene rings is 1. The topological polar surface area (TPSA) is 0 Å². The third-order valence-corrected chi connectivity index (χ3v) is 4.96. The largest absolute Gasteiger partial charge is 0.144 e. The Morgan fingerprint density at radius 1 is 0.857 bits per heavy atom. The Kier molecular flexibility index (Phi) is 4.40. The Hall–Kier alpha value is -1.60. The molecule has 0 nitrogen and oxygen atoms in total. The molecule has 3 aromatic rings. The Balaban J connectivity index is 2.32. The number of benzene rings is 2. The molecule has 1 heterocycles. The van der Waals surface area contributed by atoms with Gasteiger partial charge in [0, 0.05) is 4.88 Å². The van der Waals surface area contributed by atoms with E-state index in [0.29, 0.717) is 0 Å². The Labute approximate surface area is 131 Å². The second-order valence-corrected chi connectivity index (χ2v) is 6.53. The molecule has 0 radical (unpaired) electrons. The van der Waals surface area contributed by atoms with Gasteiger partial charge in [-0.1, -0.05) is 57.0 Å². The van der Waals surface area contributed by atoms with E-state index >= 15 is 0 Å². The molecule has 3 rings (SSSR count). The quantitative estimate of drug-likeness (QED) is 0.505. The fourth-order valence-electron chi connectivity index (χ4n) is 3.19. The van der Waals surface area contributed by atoms with Crippen molar-refractivity contribution in [3.63, 3.8) is 0 Å². The van der Waals surface area contributed by atoms with Crippen LogP contribution in [-0.2, 0) is 12.8 Å². The molecule has 0 saturated heterocycles. The van der Waals surface area contributed by atoms with Gasteiger partial charge in [0.25, 0.3) is 0 Å². The molecule has 1 heteroatoms. The van der Waals surface area contributed by atoms with Gasteiger partial charge < -0.3 is 0 Å². The van der Waals surface area contributed by atoms with Crippen molar-refractivity contribution in [2.24, 2.45) is 0 Å². The number of rotatable bonds is 5. The van der Waals surface area contributed by atoms with Crippen LogP contribution in [0.1, 0.15) is 37.8 Å². The highest BCUT2D eigenvalue weighted by Crippen LogP contribution is 2.36. The summed E-state index contributed by atoms with van der Waals surface area (Å²) in [7, 11) is 0. The van der Waals surface area contributed by atoms with E-state index in [4.69, 9.17) is 0 Å². The van der Waals surface area contributed by atoms with Crippen LogP contribution in [0.15, 0.2) is 47.8 Å². The SMILES string of the molecule is CCCc1c(-c2cccs2)cc2ccccc2c1CCC. The van der Waals surface area contributed by atoms with Gasteiger partial charge >= 0.3 is 0 Å². The van der Waals surface area contributed by atoms with Gasteiger partial charge in [0.1, 0.15) is 0 Å². The Morgan fingerprint density at radius 2 is 1.62 bits per heavy atom. The molecule has 0 atom stereocenters. The van der Waals surface area contributed by atoms with Crippen molar-refractivity contribution in [2.45, 2.75) is 39.5 Å². The van der Waals surface area contributed by atoms with Gasteiger partial charge in [-0.3, -0.25) is 0 Å². The van der Waals surface area contributed by atoms with E-state index in [1.807, 2.05) is 11.3 Å². The summed E-state index contributed by atoms with van der Waals surface area (Å²) in [6.45, 7) is 4.56. The van der Waals surface area contributed by atoms with E-state index in [1.165, 1.54) is 46.9 Å². The lowest BCUT2D eigenvalue weighted by atomic mass is 9.89. The first-order valence-electron chi connectivity index (χ1n) is 7.92. The summed E-state index contributed by atoms with van der Waals surface area (Å²) in [6.07, 6.45) is 4.75. The van der Waals surface area contributed by atoms with Gasteiger partial charge in [0.05, 0.1) is 0 Å². The van der Waals surface area contributed by atoms with Crippen LogP contribution in [0.3, 0.4) is 0 Å². The van der Waals surface area contributed by atoms with E-state index in [9.17, 15) is 0 Å². The molecule has 1 aromatic heterocycles. The first kappa shape index (κ1) is 14.3. The molecule has 108 valence electrons. The van der Waals surface area contributed by atoms with Gasteiger partial charge in [0.2, 0.25) is 0 Å². The third kappa shape index (κ3) is 2.75. The minimum Gasteiger partial charge on any atom is -0.144 e. The maximum Gasteiger partial charge on any atom is 0.0345 e. The highest BCUT2D eigenvalue weighted by Gasteiger charge is 2.14. The summed E-state index contributed by atoms with van der Waals surface area (Å²) in [5.41, 5.74) is 4.59. The zero-order valence-corrected chi connectivity index (χ0v) is 13.7. The van der Waals surface area contributed by atoms with E-state index < -0.39 is 0 Å².